The Hall–Kier alpha value is -1.28. The van der Waals surface area contributed by atoms with Crippen LogP contribution >= 0.6 is 11.6 Å². The van der Waals surface area contributed by atoms with Crippen LogP contribution in [0.4, 0.5) is 4.39 Å². The van der Waals surface area contributed by atoms with Crippen molar-refractivity contribution < 1.29 is 4.39 Å². The molecule has 0 radical (unpaired) electrons. The van der Waals surface area contributed by atoms with Crippen molar-refractivity contribution in [2.45, 2.75) is 6.54 Å². The van der Waals surface area contributed by atoms with Crippen molar-refractivity contribution in [3.63, 3.8) is 0 Å². The van der Waals surface area contributed by atoms with E-state index in [4.69, 9.17) is 11.6 Å². The van der Waals surface area contributed by atoms with Gasteiger partial charge in [0.2, 0.25) is 0 Å². The monoisotopic (exact) mass is 209 g/mol. The molecule has 1 heterocycles. The van der Waals surface area contributed by atoms with Crippen molar-refractivity contribution in [2.75, 3.05) is 0 Å². The summed E-state index contributed by atoms with van der Waals surface area (Å²) < 4.78 is 15.0. The maximum atomic E-state index is 13.1. The number of benzene rings is 1. The molecule has 0 aliphatic heterocycles. The van der Waals surface area contributed by atoms with Crippen LogP contribution in [-0.4, -0.2) is 4.57 Å². The molecular formula is C11H9ClFN. The van der Waals surface area contributed by atoms with Gasteiger partial charge in [0.25, 0.3) is 0 Å². The molecular weight excluding hydrogens is 201 g/mol. The quantitative estimate of drug-likeness (QED) is 0.715. The zero-order valence-corrected chi connectivity index (χ0v) is 8.21. The second-order valence-corrected chi connectivity index (χ2v) is 3.45. The van der Waals surface area contributed by atoms with E-state index < -0.39 is 0 Å². The van der Waals surface area contributed by atoms with Crippen molar-refractivity contribution in [2.24, 2.45) is 0 Å². The molecule has 0 aliphatic carbocycles. The molecule has 0 aliphatic rings. The predicted octanol–water partition coefficient (Wildman–Crippen LogP) is 3.33. The number of hydrogen-bond acceptors (Lipinski definition) is 0. The summed E-state index contributed by atoms with van der Waals surface area (Å²) in [6.07, 6.45) is 3.84. The molecule has 0 N–H and O–H groups in total. The SMILES string of the molecule is Fc1cccc(Cn2cccc2)c1Cl. The molecule has 0 bridgehead atoms. The average Bonchev–Trinajstić information content (AvgIpc) is 2.66. The van der Waals surface area contributed by atoms with Gasteiger partial charge in [-0.2, -0.15) is 0 Å². The molecule has 0 atom stereocenters. The summed E-state index contributed by atoms with van der Waals surface area (Å²) in [5.41, 5.74) is 0.794. The van der Waals surface area contributed by atoms with E-state index in [1.165, 1.54) is 6.07 Å². The van der Waals surface area contributed by atoms with Crippen LogP contribution in [0.1, 0.15) is 5.56 Å². The first kappa shape index (κ1) is 9.28. The Labute approximate surface area is 86.7 Å². The second-order valence-electron chi connectivity index (χ2n) is 3.07. The molecule has 1 nitrogen and oxygen atoms in total. The van der Waals surface area contributed by atoms with Crippen LogP contribution in [0.5, 0.6) is 0 Å². The van der Waals surface area contributed by atoms with Gasteiger partial charge in [0.1, 0.15) is 5.82 Å². The largest absolute Gasteiger partial charge is 0.350 e. The fourth-order valence-corrected chi connectivity index (χ4v) is 1.53. The molecule has 2 aromatic rings. The molecule has 14 heavy (non-hydrogen) atoms. The van der Waals surface area contributed by atoms with Crippen LogP contribution < -0.4 is 0 Å². The molecule has 1 aromatic carbocycles. The van der Waals surface area contributed by atoms with Gasteiger partial charge < -0.3 is 4.57 Å². The molecule has 0 spiro atoms. The summed E-state index contributed by atoms with van der Waals surface area (Å²) in [7, 11) is 0. The third-order valence-corrected chi connectivity index (χ3v) is 2.47. The molecule has 3 heteroatoms. The van der Waals surface area contributed by atoms with Crippen molar-refractivity contribution in [1.82, 2.24) is 4.57 Å². The minimum atomic E-state index is -0.365. The molecule has 0 saturated heterocycles. The van der Waals surface area contributed by atoms with Gasteiger partial charge >= 0.3 is 0 Å². The van der Waals surface area contributed by atoms with Crippen LogP contribution in [0.3, 0.4) is 0 Å². The Balaban J connectivity index is 2.29. The fourth-order valence-electron chi connectivity index (χ4n) is 1.34. The maximum Gasteiger partial charge on any atom is 0.142 e. The van der Waals surface area contributed by atoms with Gasteiger partial charge in [-0.25, -0.2) is 4.39 Å². The highest BCUT2D eigenvalue weighted by atomic mass is 35.5. The van der Waals surface area contributed by atoms with Gasteiger partial charge in [-0.05, 0) is 23.8 Å². The number of hydrogen-bond donors (Lipinski definition) is 0. The normalized spacial score (nSPS) is 10.4. The first-order valence-electron chi connectivity index (χ1n) is 4.31. The fraction of sp³-hybridized carbons (Fsp3) is 0.0909. The third-order valence-electron chi connectivity index (χ3n) is 2.05. The summed E-state index contributed by atoms with van der Waals surface area (Å²) in [6, 6.07) is 8.70. The number of nitrogens with zero attached hydrogens (tertiary/aromatic N) is 1. The molecule has 0 unspecified atom stereocenters. The minimum Gasteiger partial charge on any atom is -0.350 e. The van der Waals surface area contributed by atoms with E-state index in [-0.39, 0.29) is 10.8 Å². The Morgan fingerprint density at radius 3 is 2.57 bits per heavy atom. The topological polar surface area (TPSA) is 4.93 Å². The Kier molecular flexibility index (Phi) is 2.55. The second kappa shape index (κ2) is 3.84. The van der Waals surface area contributed by atoms with Crippen molar-refractivity contribution >= 4 is 11.6 Å². The highest BCUT2D eigenvalue weighted by molar-refractivity contribution is 6.31. The van der Waals surface area contributed by atoms with E-state index in [1.807, 2.05) is 35.2 Å². The van der Waals surface area contributed by atoms with Gasteiger partial charge in [-0.3, -0.25) is 0 Å². The van der Waals surface area contributed by atoms with E-state index >= 15 is 0 Å². The summed E-state index contributed by atoms with van der Waals surface area (Å²) in [5, 5.41) is 0.209. The lowest BCUT2D eigenvalue weighted by Gasteiger charge is -2.05. The van der Waals surface area contributed by atoms with Crippen LogP contribution in [0.25, 0.3) is 0 Å². The standard InChI is InChI=1S/C11H9ClFN/c12-11-9(4-3-5-10(11)13)8-14-6-1-2-7-14/h1-7H,8H2. The Morgan fingerprint density at radius 1 is 1.14 bits per heavy atom. The van der Waals surface area contributed by atoms with Gasteiger partial charge in [0.05, 0.1) is 5.02 Å². The molecule has 0 fully saturated rings. The molecule has 2 rings (SSSR count). The Bertz CT molecular complexity index is 423. The lowest BCUT2D eigenvalue weighted by Crippen LogP contribution is -1.97. The highest BCUT2D eigenvalue weighted by Crippen LogP contribution is 2.20. The van der Waals surface area contributed by atoms with Crippen LogP contribution in [0.2, 0.25) is 5.02 Å². The van der Waals surface area contributed by atoms with E-state index in [2.05, 4.69) is 0 Å². The van der Waals surface area contributed by atoms with Crippen LogP contribution in [-0.2, 0) is 6.54 Å². The summed E-state index contributed by atoms with van der Waals surface area (Å²) in [5.74, 6) is -0.365. The van der Waals surface area contributed by atoms with Crippen LogP contribution in [0, 0.1) is 5.82 Å². The van der Waals surface area contributed by atoms with Crippen LogP contribution in [0.15, 0.2) is 42.7 Å². The van der Waals surface area contributed by atoms with E-state index in [0.717, 1.165) is 5.56 Å². The minimum absolute atomic E-state index is 0.209. The zero-order chi connectivity index (χ0) is 9.97. The lowest BCUT2D eigenvalue weighted by molar-refractivity contribution is 0.624. The average molecular weight is 210 g/mol. The number of aromatic nitrogens is 1. The third kappa shape index (κ3) is 1.80. The van der Waals surface area contributed by atoms with E-state index in [9.17, 15) is 4.39 Å². The number of halogens is 2. The summed E-state index contributed by atoms with van der Waals surface area (Å²) in [6.45, 7) is 0.601. The van der Waals surface area contributed by atoms with Crippen molar-refractivity contribution in [1.29, 1.82) is 0 Å². The van der Waals surface area contributed by atoms with Gasteiger partial charge in [-0.1, -0.05) is 23.7 Å². The lowest BCUT2D eigenvalue weighted by atomic mass is 10.2. The molecule has 72 valence electrons. The van der Waals surface area contributed by atoms with E-state index in [1.54, 1.807) is 6.07 Å². The first-order valence-corrected chi connectivity index (χ1v) is 4.69. The highest BCUT2D eigenvalue weighted by Gasteiger charge is 2.04. The molecule has 0 saturated carbocycles. The molecule has 1 aromatic heterocycles. The van der Waals surface area contributed by atoms with Gasteiger partial charge in [0, 0.05) is 18.9 Å². The smallest absolute Gasteiger partial charge is 0.142 e. The number of rotatable bonds is 2. The molecule has 0 amide bonds. The predicted molar refractivity (Wildman–Crippen MR) is 54.9 cm³/mol. The van der Waals surface area contributed by atoms with Crippen molar-refractivity contribution in [3.05, 3.63) is 59.1 Å². The van der Waals surface area contributed by atoms with E-state index in [0.29, 0.717) is 6.54 Å². The zero-order valence-electron chi connectivity index (χ0n) is 7.45. The van der Waals surface area contributed by atoms with Gasteiger partial charge in [-0.15, -0.1) is 0 Å². The Morgan fingerprint density at radius 2 is 1.86 bits per heavy atom. The summed E-state index contributed by atoms with van der Waals surface area (Å²) in [4.78, 5) is 0. The summed E-state index contributed by atoms with van der Waals surface area (Å²) >= 11 is 5.82. The maximum absolute atomic E-state index is 13.1. The van der Waals surface area contributed by atoms with Crippen molar-refractivity contribution in [3.8, 4) is 0 Å². The van der Waals surface area contributed by atoms with Gasteiger partial charge in [0.15, 0.2) is 0 Å². The first-order chi connectivity index (χ1) is 6.77.